The van der Waals surface area contributed by atoms with E-state index in [1.165, 1.54) is 18.3 Å². The van der Waals surface area contributed by atoms with Crippen molar-refractivity contribution in [2.24, 2.45) is 0 Å². The molecule has 1 amide bonds. The molecule has 2 rings (SSSR count). The molecule has 0 fully saturated rings. The average Bonchev–Trinajstić information content (AvgIpc) is 2.48. The first kappa shape index (κ1) is 17.1. The van der Waals surface area contributed by atoms with Crippen LogP contribution in [0, 0.1) is 0 Å². The molecule has 4 nitrogen and oxygen atoms in total. The highest BCUT2D eigenvalue weighted by Gasteiger charge is 2.30. The molecule has 1 N–H and O–H groups in total. The van der Waals surface area contributed by atoms with E-state index < -0.39 is 12.3 Å². The quantitative estimate of drug-likeness (QED) is 0.834. The van der Waals surface area contributed by atoms with Gasteiger partial charge in [-0.2, -0.15) is 0 Å². The molecule has 1 heterocycles. The number of benzene rings is 1. The van der Waals surface area contributed by atoms with Gasteiger partial charge in [0.1, 0.15) is 10.9 Å². The van der Waals surface area contributed by atoms with Crippen LogP contribution in [0.25, 0.3) is 0 Å². The summed E-state index contributed by atoms with van der Waals surface area (Å²) in [6.07, 6.45) is -2.80. The number of carbonyl (C=O) groups excluding carboxylic acids is 1. The number of alkyl halides is 3. The van der Waals surface area contributed by atoms with Crippen LogP contribution in [-0.4, -0.2) is 17.3 Å². The molecule has 0 aliphatic carbocycles. The van der Waals surface area contributed by atoms with E-state index in [0.29, 0.717) is 22.8 Å². The summed E-state index contributed by atoms with van der Waals surface area (Å²) in [5.41, 5.74) is 1.37. The van der Waals surface area contributed by atoms with E-state index in [-0.39, 0.29) is 5.75 Å². The fourth-order valence-electron chi connectivity index (χ4n) is 1.81. The van der Waals surface area contributed by atoms with Crippen LogP contribution >= 0.6 is 11.6 Å². The van der Waals surface area contributed by atoms with Gasteiger partial charge in [0.15, 0.2) is 0 Å². The van der Waals surface area contributed by atoms with Crippen molar-refractivity contribution in [3.63, 3.8) is 0 Å². The molecule has 0 saturated heterocycles. The van der Waals surface area contributed by atoms with Gasteiger partial charge in [0, 0.05) is 11.9 Å². The summed E-state index contributed by atoms with van der Waals surface area (Å²) in [5.74, 6) is -0.801. The lowest BCUT2D eigenvalue weighted by Crippen LogP contribution is -2.17. The number of nitrogens with zero attached hydrogens (tertiary/aromatic N) is 1. The summed E-state index contributed by atoms with van der Waals surface area (Å²) in [7, 11) is 0. The molecule has 0 aliphatic heterocycles. The normalized spacial score (nSPS) is 11.2. The lowest BCUT2D eigenvalue weighted by molar-refractivity contribution is -0.274. The van der Waals surface area contributed by atoms with Crippen LogP contribution in [0.3, 0.4) is 0 Å². The second-order valence-corrected chi connectivity index (χ2v) is 4.91. The van der Waals surface area contributed by atoms with E-state index >= 15 is 0 Å². The number of ether oxygens (including phenoxy) is 1. The van der Waals surface area contributed by atoms with Crippen molar-refractivity contribution in [1.29, 1.82) is 0 Å². The summed E-state index contributed by atoms with van der Waals surface area (Å²) in [5, 5.41) is 2.89. The first-order valence-corrected chi connectivity index (χ1v) is 6.98. The second kappa shape index (κ2) is 6.87. The molecule has 23 heavy (non-hydrogen) atoms. The van der Waals surface area contributed by atoms with Gasteiger partial charge in [0.05, 0.1) is 5.56 Å². The second-order valence-electron chi connectivity index (χ2n) is 4.55. The van der Waals surface area contributed by atoms with Crippen LogP contribution in [0.2, 0.25) is 5.15 Å². The number of pyridine rings is 1. The van der Waals surface area contributed by atoms with E-state index in [9.17, 15) is 18.0 Å². The maximum atomic E-state index is 12.1. The van der Waals surface area contributed by atoms with Gasteiger partial charge in [0.25, 0.3) is 5.91 Å². The molecular weight excluding hydrogens is 333 g/mol. The number of amides is 1. The minimum atomic E-state index is -4.75. The van der Waals surface area contributed by atoms with Gasteiger partial charge in [-0.15, -0.1) is 13.2 Å². The minimum Gasteiger partial charge on any atom is -0.406 e. The van der Waals surface area contributed by atoms with Gasteiger partial charge in [0.2, 0.25) is 0 Å². The predicted octanol–water partition coefficient (Wildman–Crippen LogP) is 4.45. The van der Waals surface area contributed by atoms with Crippen LogP contribution in [0.4, 0.5) is 18.9 Å². The number of hydrogen-bond donors (Lipinski definition) is 1. The smallest absolute Gasteiger partial charge is 0.406 e. The Morgan fingerprint density at radius 3 is 2.52 bits per heavy atom. The Morgan fingerprint density at radius 1 is 1.30 bits per heavy atom. The lowest BCUT2D eigenvalue weighted by Gasteiger charge is -2.10. The van der Waals surface area contributed by atoms with Crippen LogP contribution in [0.5, 0.6) is 5.75 Å². The molecule has 1 aromatic heterocycles. The standard InChI is InChI=1S/C15H12ClF3N2O2/c1-2-9-7-10(8-20-13(9)16)14(22)21-11-3-5-12(6-4-11)23-15(17,18)19/h3-8H,2H2,1H3,(H,21,22). The van der Waals surface area contributed by atoms with E-state index in [1.54, 1.807) is 6.07 Å². The van der Waals surface area contributed by atoms with E-state index in [4.69, 9.17) is 11.6 Å². The zero-order valence-electron chi connectivity index (χ0n) is 11.9. The number of rotatable bonds is 4. The van der Waals surface area contributed by atoms with Crippen LogP contribution in [0.15, 0.2) is 36.5 Å². The SMILES string of the molecule is CCc1cc(C(=O)Nc2ccc(OC(F)(F)F)cc2)cnc1Cl. The summed E-state index contributed by atoms with van der Waals surface area (Å²) < 4.78 is 40.0. The third-order valence-electron chi connectivity index (χ3n) is 2.90. The molecule has 122 valence electrons. The summed E-state index contributed by atoms with van der Waals surface area (Å²) in [6.45, 7) is 1.88. The summed E-state index contributed by atoms with van der Waals surface area (Å²) in [4.78, 5) is 16.0. The van der Waals surface area contributed by atoms with Crippen molar-refractivity contribution in [2.45, 2.75) is 19.7 Å². The number of anilines is 1. The monoisotopic (exact) mass is 344 g/mol. The van der Waals surface area contributed by atoms with Gasteiger partial charge in [-0.3, -0.25) is 4.79 Å². The number of aryl methyl sites for hydroxylation is 1. The molecule has 0 bridgehead atoms. The molecule has 2 aromatic rings. The van der Waals surface area contributed by atoms with Crippen LogP contribution in [0.1, 0.15) is 22.8 Å². The molecule has 0 saturated carbocycles. The minimum absolute atomic E-state index is 0.307. The first-order valence-electron chi connectivity index (χ1n) is 6.60. The summed E-state index contributed by atoms with van der Waals surface area (Å²) in [6, 6.07) is 6.46. The number of nitrogens with one attached hydrogen (secondary N) is 1. The Balaban J connectivity index is 2.08. The fraction of sp³-hybridized carbons (Fsp3) is 0.200. The van der Waals surface area contributed by atoms with Crippen LogP contribution in [-0.2, 0) is 6.42 Å². The van der Waals surface area contributed by atoms with E-state index in [0.717, 1.165) is 17.7 Å². The van der Waals surface area contributed by atoms with Gasteiger partial charge in [-0.1, -0.05) is 18.5 Å². The Kier molecular flexibility index (Phi) is 5.10. The van der Waals surface area contributed by atoms with E-state index in [2.05, 4.69) is 15.0 Å². The molecule has 1 aromatic carbocycles. The molecule has 0 aliphatic rings. The Morgan fingerprint density at radius 2 is 1.96 bits per heavy atom. The average molecular weight is 345 g/mol. The third kappa shape index (κ3) is 4.85. The predicted molar refractivity (Wildman–Crippen MR) is 79.7 cm³/mol. The largest absolute Gasteiger partial charge is 0.573 e. The highest BCUT2D eigenvalue weighted by atomic mass is 35.5. The topological polar surface area (TPSA) is 51.2 Å². The molecule has 0 radical (unpaired) electrons. The van der Waals surface area contributed by atoms with Gasteiger partial charge < -0.3 is 10.1 Å². The van der Waals surface area contributed by atoms with Crippen molar-refractivity contribution in [1.82, 2.24) is 4.98 Å². The number of halogens is 4. The number of aromatic nitrogens is 1. The maximum Gasteiger partial charge on any atom is 0.573 e. The highest BCUT2D eigenvalue weighted by molar-refractivity contribution is 6.30. The summed E-state index contributed by atoms with van der Waals surface area (Å²) >= 11 is 5.88. The molecule has 0 atom stereocenters. The number of carbonyl (C=O) groups is 1. The van der Waals surface area contributed by atoms with Gasteiger partial charge >= 0.3 is 6.36 Å². The van der Waals surface area contributed by atoms with E-state index in [1.807, 2.05) is 6.92 Å². The molecular formula is C15H12ClF3N2O2. The molecule has 0 spiro atoms. The Hall–Kier alpha value is -2.28. The molecule has 8 heteroatoms. The van der Waals surface area contributed by atoms with Crippen LogP contribution < -0.4 is 10.1 Å². The zero-order chi connectivity index (χ0) is 17.0. The van der Waals surface area contributed by atoms with Gasteiger partial charge in [-0.25, -0.2) is 4.98 Å². The van der Waals surface area contributed by atoms with Crippen molar-refractivity contribution < 1.29 is 22.7 Å². The first-order chi connectivity index (χ1) is 10.8. The van der Waals surface area contributed by atoms with Crippen molar-refractivity contribution >= 4 is 23.2 Å². The maximum absolute atomic E-state index is 12.1. The Labute approximate surface area is 135 Å². The lowest BCUT2D eigenvalue weighted by atomic mass is 10.1. The number of hydrogen-bond acceptors (Lipinski definition) is 3. The van der Waals surface area contributed by atoms with Gasteiger partial charge in [-0.05, 0) is 42.3 Å². The highest BCUT2D eigenvalue weighted by Crippen LogP contribution is 2.24. The van der Waals surface area contributed by atoms with Crippen molar-refractivity contribution in [2.75, 3.05) is 5.32 Å². The van der Waals surface area contributed by atoms with Crippen molar-refractivity contribution in [3.05, 3.63) is 52.8 Å². The third-order valence-corrected chi connectivity index (χ3v) is 3.24. The molecule has 0 unspecified atom stereocenters. The van der Waals surface area contributed by atoms with Crippen molar-refractivity contribution in [3.8, 4) is 5.75 Å². The Bertz CT molecular complexity index is 703. The fourth-order valence-corrected chi connectivity index (χ4v) is 2.05. The zero-order valence-corrected chi connectivity index (χ0v) is 12.7.